The summed E-state index contributed by atoms with van der Waals surface area (Å²) in [7, 11) is 0. The van der Waals surface area contributed by atoms with Gasteiger partial charge in [-0.1, -0.05) is 20.8 Å². The summed E-state index contributed by atoms with van der Waals surface area (Å²) in [6.07, 6.45) is 0. The molecule has 0 aliphatic carbocycles. The molecule has 0 saturated carbocycles. The van der Waals surface area contributed by atoms with Crippen LogP contribution in [0, 0.1) is 0 Å². The number of amides is 3. The van der Waals surface area contributed by atoms with E-state index in [1.165, 1.54) is 0 Å². The second-order valence-corrected chi connectivity index (χ2v) is 9.01. The summed E-state index contributed by atoms with van der Waals surface area (Å²) in [4.78, 5) is 26.7. The summed E-state index contributed by atoms with van der Waals surface area (Å²) >= 11 is 0. The minimum absolute atomic E-state index is 0.104. The molecular formula is C19H33N5O3. The van der Waals surface area contributed by atoms with Crippen LogP contribution in [0.3, 0.4) is 0 Å². The largest absolute Gasteiger partial charge is 0.378 e. The fourth-order valence-corrected chi connectivity index (χ4v) is 2.82. The van der Waals surface area contributed by atoms with E-state index in [2.05, 4.69) is 36.5 Å². The third kappa shape index (κ3) is 5.45. The fourth-order valence-electron chi connectivity index (χ4n) is 2.82. The predicted molar refractivity (Wildman–Crippen MR) is 105 cm³/mol. The van der Waals surface area contributed by atoms with E-state index in [9.17, 15) is 9.59 Å². The summed E-state index contributed by atoms with van der Waals surface area (Å²) in [5.74, 6) is 0.504. The number of nitrogens with zero attached hydrogens (tertiary/aromatic N) is 3. The predicted octanol–water partition coefficient (Wildman–Crippen LogP) is 2.30. The van der Waals surface area contributed by atoms with Gasteiger partial charge in [0.15, 0.2) is 0 Å². The van der Waals surface area contributed by atoms with Crippen molar-refractivity contribution in [2.75, 3.05) is 31.6 Å². The molecule has 8 heteroatoms. The van der Waals surface area contributed by atoms with Gasteiger partial charge in [-0.15, -0.1) is 0 Å². The summed E-state index contributed by atoms with van der Waals surface area (Å²) < 4.78 is 7.07. The van der Waals surface area contributed by atoms with Crippen molar-refractivity contribution in [3.63, 3.8) is 0 Å². The molecule has 1 fully saturated rings. The average molecular weight is 380 g/mol. The van der Waals surface area contributed by atoms with Gasteiger partial charge in [-0.2, -0.15) is 5.10 Å². The van der Waals surface area contributed by atoms with Crippen molar-refractivity contribution in [2.24, 2.45) is 0 Å². The Labute approximate surface area is 161 Å². The van der Waals surface area contributed by atoms with Gasteiger partial charge in [-0.3, -0.25) is 10.1 Å². The number of anilines is 1. The molecule has 27 heavy (non-hydrogen) atoms. The van der Waals surface area contributed by atoms with Crippen LogP contribution in [0.2, 0.25) is 0 Å². The monoisotopic (exact) mass is 379 g/mol. The summed E-state index contributed by atoms with van der Waals surface area (Å²) in [6.45, 7) is 16.2. The molecule has 0 bridgehead atoms. The highest BCUT2D eigenvalue weighted by Gasteiger charge is 2.27. The van der Waals surface area contributed by atoms with E-state index in [4.69, 9.17) is 4.74 Å². The Kier molecular flexibility index (Phi) is 6.19. The van der Waals surface area contributed by atoms with Crippen LogP contribution in [0.5, 0.6) is 0 Å². The standard InChI is InChI=1S/C19H33N5O3/c1-13(16(25)23-8-10-27-11-9-23)20-17(26)21-15-12-14(18(2,3)4)22-24(15)19(5,6)7/h12-13H,8-11H2,1-7H3,(H2,20,21,26). The van der Waals surface area contributed by atoms with Gasteiger partial charge in [-0.05, 0) is 27.7 Å². The van der Waals surface area contributed by atoms with Crippen molar-refractivity contribution in [1.82, 2.24) is 20.0 Å². The van der Waals surface area contributed by atoms with Crippen LogP contribution in [-0.2, 0) is 20.5 Å². The molecular weight excluding hydrogens is 346 g/mol. The van der Waals surface area contributed by atoms with E-state index >= 15 is 0 Å². The van der Waals surface area contributed by atoms with Crippen LogP contribution >= 0.6 is 0 Å². The van der Waals surface area contributed by atoms with Crippen LogP contribution in [-0.4, -0.2) is 59.0 Å². The Morgan fingerprint density at radius 2 is 1.74 bits per heavy atom. The number of aromatic nitrogens is 2. The number of morpholine rings is 1. The first-order valence-electron chi connectivity index (χ1n) is 9.44. The zero-order valence-electron chi connectivity index (χ0n) is 17.5. The minimum atomic E-state index is -0.615. The maximum atomic E-state index is 12.5. The van der Waals surface area contributed by atoms with Gasteiger partial charge in [0.2, 0.25) is 5.91 Å². The number of rotatable bonds is 3. The highest BCUT2D eigenvalue weighted by atomic mass is 16.5. The van der Waals surface area contributed by atoms with Crippen molar-refractivity contribution in [2.45, 2.75) is 65.5 Å². The summed E-state index contributed by atoms with van der Waals surface area (Å²) in [6, 6.07) is 0.852. The number of nitrogens with one attached hydrogen (secondary N) is 2. The van der Waals surface area contributed by atoms with E-state index in [0.29, 0.717) is 32.1 Å². The minimum Gasteiger partial charge on any atom is -0.378 e. The third-order valence-electron chi connectivity index (χ3n) is 4.40. The lowest BCUT2D eigenvalue weighted by atomic mass is 9.92. The fraction of sp³-hybridized carbons (Fsp3) is 0.737. The molecule has 1 saturated heterocycles. The molecule has 2 rings (SSSR count). The average Bonchev–Trinajstić information content (AvgIpc) is 2.99. The molecule has 2 heterocycles. The van der Waals surface area contributed by atoms with Crippen LogP contribution in [0.25, 0.3) is 0 Å². The van der Waals surface area contributed by atoms with E-state index in [1.807, 2.05) is 31.5 Å². The second kappa shape index (κ2) is 7.88. The number of carbonyl (C=O) groups excluding carboxylic acids is 2. The van der Waals surface area contributed by atoms with Crippen molar-refractivity contribution < 1.29 is 14.3 Å². The van der Waals surface area contributed by atoms with Crippen LogP contribution in [0.15, 0.2) is 6.07 Å². The molecule has 1 aromatic rings. The Bertz CT molecular complexity index is 678. The lowest BCUT2D eigenvalue weighted by Gasteiger charge is -2.29. The molecule has 3 amide bonds. The molecule has 0 radical (unpaired) electrons. The molecule has 0 aromatic carbocycles. The van der Waals surface area contributed by atoms with Crippen molar-refractivity contribution in [1.29, 1.82) is 0 Å². The van der Waals surface area contributed by atoms with Gasteiger partial charge in [0, 0.05) is 24.6 Å². The third-order valence-corrected chi connectivity index (χ3v) is 4.40. The smallest absolute Gasteiger partial charge is 0.321 e. The number of ether oxygens (including phenoxy) is 1. The van der Waals surface area contributed by atoms with Crippen LogP contribution in [0.1, 0.15) is 54.2 Å². The molecule has 1 aliphatic rings. The highest BCUT2D eigenvalue weighted by Crippen LogP contribution is 2.28. The Morgan fingerprint density at radius 1 is 1.15 bits per heavy atom. The highest BCUT2D eigenvalue weighted by molar-refractivity contribution is 5.93. The van der Waals surface area contributed by atoms with E-state index < -0.39 is 12.1 Å². The molecule has 152 valence electrons. The quantitative estimate of drug-likeness (QED) is 0.843. The number of hydrogen-bond donors (Lipinski definition) is 2. The first-order chi connectivity index (χ1) is 12.4. The maximum absolute atomic E-state index is 12.5. The van der Waals surface area contributed by atoms with Crippen molar-refractivity contribution >= 4 is 17.8 Å². The van der Waals surface area contributed by atoms with Gasteiger partial charge >= 0.3 is 6.03 Å². The van der Waals surface area contributed by atoms with Gasteiger partial charge in [0.05, 0.1) is 24.4 Å². The van der Waals surface area contributed by atoms with Gasteiger partial charge in [0.1, 0.15) is 11.9 Å². The lowest BCUT2D eigenvalue weighted by molar-refractivity contribution is -0.136. The molecule has 2 N–H and O–H groups in total. The Hall–Kier alpha value is -2.09. The number of carbonyl (C=O) groups is 2. The van der Waals surface area contributed by atoms with E-state index in [1.54, 1.807) is 11.8 Å². The number of urea groups is 1. The molecule has 1 aromatic heterocycles. The lowest BCUT2D eigenvalue weighted by Crippen LogP contribution is -2.51. The molecule has 1 aliphatic heterocycles. The maximum Gasteiger partial charge on any atom is 0.321 e. The van der Waals surface area contributed by atoms with Crippen molar-refractivity contribution in [3.8, 4) is 0 Å². The van der Waals surface area contributed by atoms with E-state index in [0.717, 1.165) is 5.69 Å². The van der Waals surface area contributed by atoms with Crippen molar-refractivity contribution in [3.05, 3.63) is 11.8 Å². The zero-order chi connectivity index (χ0) is 20.4. The molecule has 1 atom stereocenters. The van der Waals surface area contributed by atoms with Crippen LogP contribution < -0.4 is 10.6 Å². The summed E-state index contributed by atoms with van der Waals surface area (Å²) in [5, 5.41) is 10.3. The second-order valence-electron chi connectivity index (χ2n) is 9.01. The first-order valence-corrected chi connectivity index (χ1v) is 9.44. The zero-order valence-corrected chi connectivity index (χ0v) is 17.5. The van der Waals surface area contributed by atoms with Gasteiger partial charge in [0.25, 0.3) is 0 Å². The van der Waals surface area contributed by atoms with E-state index in [-0.39, 0.29) is 16.9 Å². The Balaban J connectivity index is 2.08. The normalized spacial score (nSPS) is 16.8. The summed E-state index contributed by atoms with van der Waals surface area (Å²) in [5.41, 5.74) is 0.467. The topological polar surface area (TPSA) is 88.5 Å². The van der Waals surface area contributed by atoms with Gasteiger partial charge in [-0.25, -0.2) is 9.48 Å². The molecule has 1 unspecified atom stereocenters. The van der Waals surface area contributed by atoms with Gasteiger partial charge < -0.3 is 15.0 Å². The Morgan fingerprint density at radius 3 is 2.26 bits per heavy atom. The SMILES string of the molecule is CC(NC(=O)Nc1cc(C(C)(C)C)nn1C(C)(C)C)C(=O)N1CCOCC1. The van der Waals surface area contributed by atoms with Crippen LogP contribution in [0.4, 0.5) is 10.6 Å². The number of hydrogen-bond acceptors (Lipinski definition) is 4. The first kappa shape index (κ1) is 21.2. The molecule has 8 nitrogen and oxygen atoms in total. The molecule has 0 spiro atoms.